The summed E-state index contributed by atoms with van der Waals surface area (Å²) in [7, 11) is 0. The van der Waals surface area contributed by atoms with Crippen LogP contribution in [-0.2, 0) is 14.4 Å². The van der Waals surface area contributed by atoms with Crippen LogP contribution in [0.3, 0.4) is 0 Å². The molecule has 2 aromatic carbocycles. The van der Waals surface area contributed by atoms with Gasteiger partial charge < -0.3 is 0 Å². The summed E-state index contributed by atoms with van der Waals surface area (Å²) in [5.74, 6) is -0.554. The van der Waals surface area contributed by atoms with Crippen LogP contribution in [0.4, 0.5) is 11.4 Å². The number of hydroxylamine groups is 1. The van der Waals surface area contributed by atoms with E-state index in [1.54, 1.807) is 17.2 Å². The Balaban J connectivity index is 1.70. The van der Waals surface area contributed by atoms with Gasteiger partial charge in [-0.25, -0.2) is 9.96 Å². The monoisotopic (exact) mass is 350 g/mol. The molecule has 0 aliphatic carbocycles. The molecule has 2 aliphatic heterocycles. The molecular weight excluding hydrogens is 328 g/mol. The summed E-state index contributed by atoms with van der Waals surface area (Å²) in [6.45, 7) is 4.24. The lowest BCUT2D eigenvalue weighted by Crippen LogP contribution is -2.41. The van der Waals surface area contributed by atoms with Gasteiger partial charge in [0.05, 0.1) is 23.3 Å². The van der Waals surface area contributed by atoms with E-state index in [4.69, 9.17) is 4.84 Å². The Morgan fingerprint density at radius 3 is 2.04 bits per heavy atom. The van der Waals surface area contributed by atoms with Crippen molar-refractivity contribution in [2.75, 3.05) is 9.96 Å². The van der Waals surface area contributed by atoms with E-state index in [1.165, 1.54) is 4.90 Å². The van der Waals surface area contributed by atoms with E-state index < -0.39 is 12.0 Å². The van der Waals surface area contributed by atoms with Gasteiger partial charge in [0.2, 0.25) is 5.91 Å². The fraction of sp³-hybridized carbons (Fsp3) is 0.333. The van der Waals surface area contributed by atoms with Crippen molar-refractivity contribution in [3.63, 3.8) is 0 Å². The van der Waals surface area contributed by atoms with Gasteiger partial charge in [-0.05, 0) is 36.6 Å². The first-order chi connectivity index (χ1) is 12.6. The first-order valence-electron chi connectivity index (χ1n) is 9.02. The van der Waals surface area contributed by atoms with Gasteiger partial charge in [0.25, 0.3) is 5.91 Å². The average molecular weight is 350 g/mol. The molecule has 0 N–H and O–H groups in total. The minimum atomic E-state index is -0.758. The van der Waals surface area contributed by atoms with Gasteiger partial charge in [0, 0.05) is 0 Å². The minimum absolute atomic E-state index is 0.160. The van der Waals surface area contributed by atoms with Crippen molar-refractivity contribution in [2.24, 2.45) is 11.8 Å². The van der Waals surface area contributed by atoms with Crippen LogP contribution >= 0.6 is 0 Å². The smallest absolute Gasteiger partial charge is 0.266 e. The maximum Gasteiger partial charge on any atom is 0.266 e. The second-order valence-electron chi connectivity index (χ2n) is 7.26. The summed E-state index contributed by atoms with van der Waals surface area (Å²) in [5, 5.41) is 1.77. The van der Waals surface area contributed by atoms with E-state index in [0.29, 0.717) is 11.6 Å². The topological polar surface area (TPSA) is 49.9 Å². The van der Waals surface area contributed by atoms with Gasteiger partial charge >= 0.3 is 0 Å². The highest BCUT2D eigenvalue weighted by atomic mass is 16.7. The van der Waals surface area contributed by atoms with Crippen LogP contribution < -0.4 is 9.96 Å². The molecule has 0 spiro atoms. The van der Waals surface area contributed by atoms with Gasteiger partial charge in [-0.3, -0.25) is 14.4 Å². The molecule has 0 saturated carbocycles. The van der Waals surface area contributed by atoms with E-state index >= 15 is 0 Å². The quantitative estimate of drug-likeness (QED) is 0.793. The van der Waals surface area contributed by atoms with Crippen molar-refractivity contribution >= 4 is 23.2 Å². The van der Waals surface area contributed by atoms with E-state index in [1.807, 2.05) is 48.5 Å². The molecule has 3 atom stereocenters. The predicted molar refractivity (Wildman–Crippen MR) is 99.5 cm³/mol. The summed E-state index contributed by atoms with van der Waals surface area (Å²) < 4.78 is 0. The van der Waals surface area contributed by atoms with Crippen molar-refractivity contribution in [3.8, 4) is 0 Å². The molecule has 2 aromatic rings. The van der Waals surface area contributed by atoms with Gasteiger partial charge in [0.1, 0.15) is 0 Å². The summed E-state index contributed by atoms with van der Waals surface area (Å²) in [5.41, 5.74) is 1.48. The molecule has 0 radical (unpaired) electrons. The number of imide groups is 1. The van der Waals surface area contributed by atoms with Crippen molar-refractivity contribution in [1.82, 2.24) is 0 Å². The molecule has 2 saturated heterocycles. The number of benzene rings is 2. The molecular formula is C21H22N2O3. The number of para-hydroxylation sites is 2. The molecule has 5 heteroatoms. The summed E-state index contributed by atoms with van der Waals surface area (Å²) in [6, 6.07) is 18.6. The van der Waals surface area contributed by atoms with Crippen LogP contribution in [0.5, 0.6) is 0 Å². The number of hydrogen-bond donors (Lipinski definition) is 0. The largest absolute Gasteiger partial charge is 0.273 e. The van der Waals surface area contributed by atoms with Crippen LogP contribution in [0.2, 0.25) is 0 Å². The molecule has 134 valence electrons. The Hall–Kier alpha value is -2.66. The predicted octanol–water partition coefficient (Wildman–Crippen LogP) is 3.41. The van der Waals surface area contributed by atoms with Crippen LogP contribution in [-0.4, -0.2) is 24.0 Å². The number of hydrogen-bond acceptors (Lipinski definition) is 4. The zero-order valence-corrected chi connectivity index (χ0v) is 14.9. The van der Waals surface area contributed by atoms with E-state index in [2.05, 4.69) is 13.8 Å². The normalized spacial score (nSPS) is 25.3. The van der Waals surface area contributed by atoms with Gasteiger partial charge in [-0.15, -0.1) is 0 Å². The highest BCUT2D eigenvalue weighted by Gasteiger charge is 2.59. The Kier molecular flexibility index (Phi) is 4.24. The zero-order chi connectivity index (χ0) is 18.3. The second-order valence-corrected chi connectivity index (χ2v) is 7.26. The summed E-state index contributed by atoms with van der Waals surface area (Å²) >= 11 is 0. The first-order valence-corrected chi connectivity index (χ1v) is 9.02. The molecule has 2 fully saturated rings. The number of fused-ring (bicyclic) bond motifs is 1. The third-order valence-corrected chi connectivity index (χ3v) is 4.98. The maximum atomic E-state index is 13.2. The summed E-state index contributed by atoms with van der Waals surface area (Å²) in [4.78, 5) is 33.4. The molecule has 2 amide bonds. The van der Waals surface area contributed by atoms with Crippen LogP contribution in [0.25, 0.3) is 0 Å². The number of rotatable bonds is 4. The highest BCUT2D eigenvalue weighted by molar-refractivity contribution is 6.23. The minimum Gasteiger partial charge on any atom is -0.273 e. The molecule has 4 rings (SSSR count). The fourth-order valence-corrected chi connectivity index (χ4v) is 3.88. The van der Waals surface area contributed by atoms with Crippen LogP contribution in [0.15, 0.2) is 60.7 Å². The average Bonchev–Trinajstić information content (AvgIpc) is 3.12. The second kappa shape index (κ2) is 6.57. The number of carbonyl (C=O) groups excluding carboxylic acids is 2. The van der Waals surface area contributed by atoms with Crippen molar-refractivity contribution in [3.05, 3.63) is 60.7 Å². The lowest BCUT2D eigenvalue weighted by molar-refractivity contribution is -0.126. The van der Waals surface area contributed by atoms with E-state index in [0.717, 1.165) is 12.1 Å². The van der Waals surface area contributed by atoms with Crippen LogP contribution in [0, 0.1) is 11.8 Å². The molecule has 0 bridgehead atoms. The van der Waals surface area contributed by atoms with Crippen LogP contribution in [0.1, 0.15) is 20.3 Å². The molecule has 2 aliphatic rings. The van der Waals surface area contributed by atoms with Gasteiger partial charge in [-0.2, -0.15) is 0 Å². The lowest BCUT2D eigenvalue weighted by Gasteiger charge is -2.29. The van der Waals surface area contributed by atoms with Gasteiger partial charge in [0.15, 0.2) is 6.10 Å². The number of nitrogens with zero attached hydrogens (tertiary/aromatic N) is 2. The molecule has 26 heavy (non-hydrogen) atoms. The van der Waals surface area contributed by atoms with E-state index in [9.17, 15) is 9.59 Å². The molecule has 2 heterocycles. The number of anilines is 2. The van der Waals surface area contributed by atoms with Crippen molar-refractivity contribution < 1.29 is 14.4 Å². The molecule has 0 aromatic heterocycles. The zero-order valence-electron chi connectivity index (χ0n) is 14.9. The van der Waals surface area contributed by atoms with Crippen molar-refractivity contribution in [1.29, 1.82) is 0 Å². The lowest BCUT2D eigenvalue weighted by atomic mass is 9.90. The maximum absolute atomic E-state index is 13.2. The third-order valence-electron chi connectivity index (χ3n) is 4.98. The number of carbonyl (C=O) groups is 2. The first kappa shape index (κ1) is 16.8. The van der Waals surface area contributed by atoms with Gasteiger partial charge in [-0.1, -0.05) is 50.2 Å². The highest BCUT2D eigenvalue weighted by Crippen LogP contribution is 2.42. The Morgan fingerprint density at radius 1 is 0.885 bits per heavy atom. The molecule has 0 unspecified atom stereocenters. The van der Waals surface area contributed by atoms with Crippen molar-refractivity contribution in [2.45, 2.75) is 32.4 Å². The third kappa shape index (κ3) is 2.69. The Morgan fingerprint density at radius 2 is 1.46 bits per heavy atom. The Labute approximate surface area is 153 Å². The fourth-order valence-electron chi connectivity index (χ4n) is 3.88. The summed E-state index contributed by atoms with van der Waals surface area (Å²) in [6.07, 6.45) is 0.0178. The molecule has 5 nitrogen and oxygen atoms in total. The number of amides is 2. The standard InChI is InChI=1S/C21H22N2O3/c1-14(2)13-17-18-19(26-23(17)16-11-7-4-8-12-16)21(25)22(20(18)24)15-9-5-3-6-10-15/h3-12,14,17-19H,13H2,1-2H3/t17-,18+,19-/m1/s1. The van der Waals surface area contributed by atoms with E-state index in [-0.39, 0.29) is 17.9 Å². The SMILES string of the molecule is CC(C)C[C@@H]1[C@@H]2C(=O)N(c3ccccc3)C(=O)[C@@H]2ON1c1ccccc1. The Bertz CT molecular complexity index is 807.